The molecule has 7 amide bonds. The Kier molecular flexibility index (Phi) is 24.4. The Morgan fingerprint density at radius 2 is 1.31 bits per heavy atom. The molecule has 0 radical (unpaired) electrons. The summed E-state index contributed by atoms with van der Waals surface area (Å²) in [6, 6.07) is -6.63. The third-order valence-corrected chi connectivity index (χ3v) is 14.4. The molecule has 3 heterocycles. The first-order chi connectivity index (χ1) is 34.9. The number of nitrogens with one attached hydrogen (secondary N) is 5. The van der Waals surface area contributed by atoms with E-state index in [0.29, 0.717) is 18.3 Å². The first-order valence-corrected chi connectivity index (χ1v) is 26.0. The number of hydrogen-bond acceptors (Lipinski definition) is 17. The van der Waals surface area contributed by atoms with Gasteiger partial charge in [-0.1, -0.05) is 84.3 Å². The van der Waals surface area contributed by atoms with Gasteiger partial charge in [0.05, 0.1) is 36.9 Å². The molecule has 3 saturated heterocycles. The first-order valence-electron chi connectivity index (χ1n) is 26.0. The lowest BCUT2D eigenvalue weighted by Crippen LogP contribution is -2.64. The maximum absolute atomic E-state index is 14.4. The first kappa shape index (κ1) is 61.5. The van der Waals surface area contributed by atoms with E-state index in [0.717, 1.165) is 60.5 Å². The Bertz CT molecular complexity index is 2020. The van der Waals surface area contributed by atoms with E-state index in [4.69, 9.17) is 5.73 Å². The van der Waals surface area contributed by atoms with Crippen LogP contribution in [0, 0.1) is 11.8 Å². The number of aliphatic hydroxyl groups excluding tert-OH is 8. The number of aromatic hydroxyl groups is 1. The number of carbonyl (C=O) groups excluding carboxylic acids is 7. The van der Waals surface area contributed by atoms with Crippen molar-refractivity contribution >= 4 is 41.4 Å². The lowest BCUT2D eigenvalue weighted by Gasteiger charge is -2.34. The van der Waals surface area contributed by atoms with Crippen molar-refractivity contribution in [2.24, 2.45) is 17.6 Å². The molecule has 418 valence electrons. The van der Waals surface area contributed by atoms with E-state index in [-0.39, 0.29) is 24.3 Å². The summed E-state index contributed by atoms with van der Waals surface area (Å²) >= 11 is 0. The largest absolute Gasteiger partial charge is 0.508 e. The van der Waals surface area contributed by atoms with Crippen LogP contribution in [-0.4, -0.2) is 196 Å². The molecule has 0 saturated carbocycles. The normalized spacial score (nSPS) is 29.4. The predicted molar refractivity (Wildman–Crippen MR) is 265 cm³/mol. The minimum absolute atomic E-state index is 0.0942. The summed E-state index contributed by atoms with van der Waals surface area (Å²) in [7, 11) is 0. The topological polar surface area (TPSA) is 394 Å². The molecule has 74 heavy (non-hydrogen) atoms. The van der Waals surface area contributed by atoms with Gasteiger partial charge in [0.15, 0.2) is 6.23 Å². The number of phenolic OH excluding ortho intramolecular Hbond substituents is 1. The third-order valence-electron chi connectivity index (χ3n) is 14.4. The number of benzene rings is 1. The molecule has 1 aromatic carbocycles. The van der Waals surface area contributed by atoms with Gasteiger partial charge in [-0.15, -0.1) is 0 Å². The van der Waals surface area contributed by atoms with Crippen LogP contribution in [0.3, 0.4) is 0 Å². The van der Waals surface area contributed by atoms with Gasteiger partial charge < -0.3 is 88.1 Å². The Morgan fingerprint density at radius 1 is 0.716 bits per heavy atom. The quantitative estimate of drug-likeness (QED) is 0.0551. The second-order valence-electron chi connectivity index (χ2n) is 20.6. The zero-order valence-corrected chi connectivity index (χ0v) is 42.9. The SMILES string of the molecule is CC[C@H](C)C[C@H](C)CCCCCCCCCN[C@H]1C[C@@H](O)[C@@H](O)NC(=O)[C@@H]2[C@@H](O)CCN2C(=O)[C@H]([C@H](O)CC(N)=O)NC(=O)[C@H]([C@H](O)[C@@H](O)c2ccc(O)cc2)NC(=O)[C@@H]2C[C@@H](O)CN2C(=O)[C@H]([C@@H](C)O)NC1=O. The van der Waals surface area contributed by atoms with Gasteiger partial charge >= 0.3 is 0 Å². The summed E-state index contributed by atoms with van der Waals surface area (Å²) in [5, 5.41) is 111. The molecule has 1 aromatic rings. The van der Waals surface area contributed by atoms with Gasteiger partial charge in [-0.3, -0.25) is 33.6 Å². The molecule has 0 unspecified atom stereocenters. The molecule has 16 N–H and O–H groups in total. The zero-order valence-electron chi connectivity index (χ0n) is 42.9. The van der Waals surface area contributed by atoms with E-state index in [1.165, 1.54) is 38.3 Å². The van der Waals surface area contributed by atoms with Crippen LogP contribution in [-0.2, 0) is 33.6 Å². The van der Waals surface area contributed by atoms with Crippen LogP contribution in [0.5, 0.6) is 5.75 Å². The van der Waals surface area contributed by atoms with E-state index in [1.807, 2.05) is 0 Å². The molecule has 3 aliphatic rings. The number of phenols is 1. The monoisotopic (exact) mass is 1050 g/mol. The fraction of sp³-hybridized carbons (Fsp3) is 0.740. The number of fused-ring (bicyclic) bond motifs is 2. The summed E-state index contributed by atoms with van der Waals surface area (Å²) in [4.78, 5) is 99.0. The van der Waals surface area contributed by atoms with E-state index in [1.54, 1.807) is 0 Å². The van der Waals surface area contributed by atoms with Crippen molar-refractivity contribution < 1.29 is 79.5 Å². The van der Waals surface area contributed by atoms with Crippen LogP contribution in [0.15, 0.2) is 24.3 Å². The minimum Gasteiger partial charge on any atom is -0.508 e. The Balaban J connectivity index is 1.67. The summed E-state index contributed by atoms with van der Waals surface area (Å²) in [5.74, 6) is -7.30. The number of rotatable bonds is 21. The summed E-state index contributed by atoms with van der Waals surface area (Å²) in [6.07, 6.45) is -7.45. The molecule has 0 aromatic heterocycles. The van der Waals surface area contributed by atoms with Gasteiger partial charge in [0.25, 0.3) is 0 Å². The highest BCUT2D eigenvalue weighted by molar-refractivity contribution is 5.98. The fourth-order valence-electron chi connectivity index (χ4n) is 9.87. The van der Waals surface area contributed by atoms with Crippen LogP contribution in [0.25, 0.3) is 0 Å². The highest BCUT2D eigenvalue weighted by Crippen LogP contribution is 2.27. The number of nitrogens with two attached hydrogens (primary N) is 1. The number of primary amides is 1. The van der Waals surface area contributed by atoms with Gasteiger partial charge in [0.1, 0.15) is 54.3 Å². The number of carbonyl (C=O) groups is 7. The molecule has 3 aliphatic heterocycles. The van der Waals surface area contributed by atoms with Gasteiger partial charge in [-0.05, 0) is 62.3 Å². The average molecular weight is 1050 g/mol. The van der Waals surface area contributed by atoms with E-state index in [2.05, 4.69) is 47.4 Å². The van der Waals surface area contributed by atoms with Gasteiger partial charge in [-0.2, -0.15) is 0 Å². The fourth-order valence-corrected chi connectivity index (χ4v) is 9.87. The smallest absolute Gasteiger partial charge is 0.248 e. The predicted octanol–water partition coefficient (Wildman–Crippen LogP) is -2.87. The van der Waals surface area contributed by atoms with Crippen molar-refractivity contribution in [3.63, 3.8) is 0 Å². The zero-order chi connectivity index (χ0) is 55.0. The van der Waals surface area contributed by atoms with E-state index in [9.17, 15) is 79.5 Å². The molecule has 0 bridgehead atoms. The molecule has 24 nitrogen and oxygen atoms in total. The summed E-state index contributed by atoms with van der Waals surface area (Å²) < 4.78 is 0. The van der Waals surface area contributed by atoms with E-state index < -0.39 is 159 Å². The summed E-state index contributed by atoms with van der Waals surface area (Å²) in [6.45, 7) is 7.22. The molecule has 16 atom stereocenters. The molecule has 0 aliphatic carbocycles. The molecule has 24 heteroatoms. The summed E-state index contributed by atoms with van der Waals surface area (Å²) in [5.41, 5.74) is 5.24. The van der Waals surface area contributed by atoms with Gasteiger partial charge in [0.2, 0.25) is 41.4 Å². The second kappa shape index (κ2) is 29.3. The maximum atomic E-state index is 14.4. The van der Waals surface area contributed by atoms with Crippen LogP contribution in [0.1, 0.15) is 129 Å². The van der Waals surface area contributed by atoms with Crippen LogP contribution in [0.2, 0.25) is 0 Å². The Labute approximate surface area is 431 Å². The highest BCUT2D eigenvalue weighted by Gasteiger charge is 2.49. The van der Waals surface area contributed by atoms with Crippen LogP contribution >= 0.6 is 0 Å². The van der Waals surface area contributed by atoms with Gasteiger partial charge in [-0.25, -0.2) is 0 Å². The van der Waals surface area contributed by atoms with Gasteiger partial charge in [0, 0.05) is 25.9 Å². The number of unbranched alkanes of at least 4 members (excludes halogenated alkanes) is 6. The van der Waals surface area contributed by atoms with Crippen molar-refractivity contribution in [1.29, 1.82) is 0 Å². The standard InChI is InChI=1S/C50H82N8O16/c1-5-26(2)21-27(3)13-11-9-7-6-8-10-12-19-52-32-23-36(64)46(70)56-48(72)41-34(62)18-20-57(41)50(74)39(35(63)24-37(51)65)54-47(71)40(43(67)42(66)29-14-16-30(60)17-15-29)55-45(69)33-22-31(61)25-58(33)49(73)38(28(4)59)53-44(32)68/h14-17,26-28,31-36,38-43,46,52,59-64,66-67,70H,5-13,18-25H2,1-4H3,(H2,51,65)(H,53,68)(H,54,71)(H,55,69)(H,56,72)/t26-,27+,28+,31+,32-,33-,34-,35+,36+,38-,39-,40-,41-,42-,43-,46+/m0/s1. The minimum atomic E-state index is -2.33. The second-order valence-corrected chi connectivity index (χ2v) is 20.6. The van der Waals surface area contributed by atoms with Crippen molar-refractivity contribution in [2.45, 2.75) is 203 Å². The van der Waals surface area contributed by atoms with E-state index >= 15 is 0 Å². The van der Waals surface area contributed by atoms with Crippen LogP contribution in [0.4, 0.5) is 0 Å². The molecular weight excluding hydrogens is 969 g/mol. The van der Waals surface area contributed by atoms with Crippen molar-refractivity contribution in [3.8, 4) is 5.75 Å². The molecule has 3 fully saturated rings. The number of nitrogens with zero attached hydrogens (tertiary/aromatic N) is 2. The third kappa shape index (κ3) is 17.5. The molecule has 0 spiro atoms. The average Bonchev–Trinajstić information content (AvgIpc) is 3.94. The molecule has 4 rings (SSSR count). The number of hydrogen-bond donors (Lipinski definition) is 15. The lowest BCUT2D eigenvalue weighted by molar-refractivity contribution is -0.149. The lowest BCUT2D eigenvalue weighted by atomic mass is 9.91. The highest BCUT2D eigenvalue weighted by atomic mass is 16.3. The van der Waals surface area contributed by atoms with Crippen molar-refractivity contribution in [1.82, 2.24) is 36.4 Å². The van der Waals surface area contributed by atoms with Crippen LogP contribution < -0.4 is 32.3 Å². The van der Waals surface area contributed by atoms with Crippen molar-refractivity contribution in [3.05, 3.63) is 29.8 Å². The number of aliphatic hydroxyl groups is 8. The molecular formula is C50H82N8O16. The Morgan fingerprint density at radius 3 is 1.93 bits per heavy atom. The van der Waals surface area contributed by atoms with Crippen molar-refractivity contribution in [2.75, 3.05) is 19.6 Å². The number of amides is 7. The Hall–Kier alpha value is -5.05. The maximum Gasteiger partial charge on any atom is 0.248 e.